The molecule has 2 aliphatic heterocycles. The van der Waals surface area contributed by atoms with Gasteiger partial charge in [0.25, 0.3) is 5.91 Å². The second-order valence-corrected chi connectivity index (χ2v) is 10.4. The Morgan fingerprint density at radius 3 is 2.46 bits per heavy atom. The number of hydrogen-bond donors (Lipinski definition) is 3. The summed E-state index contributed by atoms with van der Waals surface area (Å²) in [5.41, 5.74) is 4.83. The molecular weight excluding hydrogens is 524 g/mol. The zero-order valence-electron chi connectivity index (χ0n) is 23.6. The lowest BCUT2D eigenvalue weighted by molar-refractivity contribution is -0.0122. The zero-order valence-corrected chi connectivity index (χ0v) is 23.6. The van der Waals surface area contributed by atoms with Crippen LogP contribution in [0.25, 0.3) is 16.6 Å². The van der Waals surface area contributed by atoms with Crippen molar-refractivity contribution >= 4 is 22.9 Å². The molecule has 2 fully saturated rings. The van der Waals surface area contributed by atoms with Gasteiger partial charge in [0.2, 0.25) is 0 Å². The highest BCUT2D eigenvalue weighted by Crippen LogP contribution is 2.36. The second kappa shape index (κ2) is 11.3. The van der Waals surface area contributed by atoms with Crippen LogP contribution in [-0.4, -0.2) is 73.2 Å². The Morgan fingerprint density at radius 1 is 1.05 bits per heavy atom. The number of piperidine rings is 1. The molecule has 1 amide bonds. The van der Waals surface area contributed by atoms with Gasteiger partial charge in [-0.3, -0.25) is 9.78 Å². The molecule has 6 rings (SSSR count). The number of ether oxygens (including phenoxy) is 4. The largest absolute Gasteiger partial charge is 0.496 e. The summed E-state index contributed by atoms with van der Waals surface area (Å²) in [6.07, 6.45) is 5.67. The van der Waals surface area contributed by atoms with Crippen molar-refractivity contribution in [3.63, 3.8) is 0 Å². The van der Waals surface area contributed by atoms with Crippen molar-refractivity contribution < 1.29 is 23.7 Å². The van der Waals surface area contributed by atoms with Gasteiger partial charge in [-0.15, -0.1) is 0 Å². The number of carbonyl (C=O) groups excluding carboxylic acids is 1. The molecule has 11 nitrogen and oxygen atoms in total. The van der Waals surface area contributed by atoms with Crippen molar-refractivity contribution in [2.75, 3.05) is 39.8 Å². The van der Waals surface area contributed by atoms with Crippen molar-refractivity contribution in [1.29, 1.82) is 0 Å². The lowest BCUT2D eigenvalue weighted by Crippen LogP contribution is -2.56. The smallest absolute Gasteiger partial charge is 0.258 e. The molecule has 1 unspecified atom stereocenters. The number of fused-ring (bicyclic) bond motifs is 3. The summed E-state index contributed by atoms with van der Waals surface area (Å²) in [7, 11) is 4.59. The minimum absolute atomic E-state index is 0.108. The van der Waals surface area contributed by atoms with Crippen LogP contribution in [0.2, 0.25) is 0 Å². The van der Waals surface area contributed by atoms with E-state index in [9.17, 15) is 4.79 Å². The molecule has 1 aromatic carbocycles. The molecule has 0 spiro atoms. The van der Waals surface area contributed by atoms with Gasteiger partial charge in [-0.2, -0.15) is 5.10 Å². The molecule has 0 aliphatic carbocycles. The SMILES string of the molecule is CNC(=O)c1c(OC)cc(Nc2cc3cc(-c4cc(C)ncc4OC4C[C@H]5COC[C@@H](C4)N5)ccn3n2)cc1OC. The van der Waals surface area contributed by atoms with E-state index >= 15 is 0 Å². The average molecular weight is 559 g/mol. The first-order valence-electron chi connectivity index (χ1n) is 13.7. The average Bonchev–Trinajstić information content (AvgIpc) is 3.38. The Kier molecular flexibility index (Phi) is 7.38. The lowest BCUT2D eigenvalue weighted by Gasteiger charge is -2.40. The van der Waals surface area contributed by atoms with E-state index in [4.69, 9.17) is 18.9 Å². The summed E-state index contributed by atoms with van der Waals surface area (Å²) >= 11 is 0. The van der Waals surface area contributed by atoms with Gasteiger partial charge in [0.15, 0.2) is 5.82 Å². The molecule has 4 aromatic rings. The number of nitrogens with one attached hydrogen (secondary N) is 3. The van der Waals surface area contributed by atoms with Gasteiger partial charge in [0.1, 0.15) is 28.9 Å². The van der Waals surface area contributed by atoms with Crippen LogP contribution in [0.5, 0.6) is 17.2 Å². The van der Waals surface area contributed by atoms with Gasteiger partial charge in [-0.25, -0.2) is 4.52 Å². The Labute approximate surface area is 238 Å². The molecule has 214 valence electrons. The van der Waals surface area contributed by atoms with E-state index in [1.54, 1.807) is 19.2 Å². The quantitative estimate of drug-likeness (QED) is 0.297. The number of aromatic nitrogens is 3. The van der Waals surface area contributed by atoms with Gasteiger partial charge in [-0.1, -0.05) is 0 Å². The van der Waals surface area contributed by atoms with Crippen LogP contribution < -0.4 is 30.2 Å². The Bertz CT molecular complexity index is 1550. The highest BCUT2D eigenvalue weighted by Gasteiger charge is 2.33. The van der Waals surface area contributed by atoms with Crippen LogP contribution in [0.1, 0.15) is 28.9 Å². The van der Waals surface area contributed by atoms with Crippen LogP contribution in [0.15, 0.2) is 48.8 Å². The lowest BCUT2D eigenvalue weighted by atomic mass is 9.94. The first kappa shape index (κ1) is 26.9. The van der Waals surface area contributed by atoms with E-state index < -0.39 is 0 Å². The van der Waals surface area contributed by atoms with Gasteiger partial charge in [0, 0.05) is 73.3 Å². The van der Waals surface area contributed by atoms with Crippen LogP contribution in [-0.2, 0) is 4.74 Å². The molecule has 5 heterocycles. The molecule has 11 heteroatoms. The van der Waals surface area contributed by atoms with E-state index in [1.807, 2.05) is 36.0 Å². The number of amides is 1. The first-order valence-corrected chi connectivity index (χ1v) is 13.7. The maximum Gasteiger partial charge on any atom is 0.258 e. The van der Waals surface area contributed by atoms with Gasteiger partial charge in [0.05, 0.1) is 39.1 Å². The highest BCUT2D eigenvalue weighted by atomic mass is 16.5. The fourth-order valence-corrected chi connectivity index (χ4v) is 5.63. The first-order chi connectivity index (χ1) is 19.9. The molecule has 3 aromatic heterocycles. The summed E-state index contributed by atoms with van der Waals surface area (Å²) in [5, 5.41) is 14.2. The Balaban J connectivity index is 1.27. The number of nitrogens with zero attached hydrogens (tertiary/aromatic N) is 3. The van der Waals surface area contributed by atoms with Crippen LogP contribution in [0, 0.1) is 6.92 Å². The minimum Gasteiger partial charge on any atom is -0.496 e. The van der Waals surface area contributed by atoms with Crippen LogP contribution in [0.3, 0.4) is 0 Å². The third-order valence-electron chi connectivity index (χ3n) is 7.51. The molecule has 0 saturated carbocycles. The molecular formula is C30H34N6O5. The fourth-order valence-electron chi connectivity index (χ4n) is 5.63. The van der Waals surface area contributed by atoms with E-state index in [0.717, 1.165) is 54.1 Å². The van der Waals surface area contributed by atoms with Gasteiger partial charge in [-0.05, 0) is 30.7 Å². The predicted octanol–water partition coefficient (Wildman–Crippen LogP) is 3.72. The van der Waals surface area contributed by atoms with Crippen LogP contribution in [0.4, 0.5) is 11.5 Å². The summed E-state index contributed by atoms with van der Waals surface area (Å²) < 4.78 is 25.0. The number of hydrogen-bond acceptors (Lipinski definition) is 9. The summed E-state index contributed by atoms with van der Waals surface area (Å²) in [5.74, 6) is 1.90. The molecule has 2 saturated heterocycles. The number of benzene rings is 1. The number of rotatable bonds is 8. The maximum atomic E-state index is 12.4. The maximum absolute atomic E-state index is 12.4. The monoisotopic (exact) mass is 558 g/mol. The third kappa shape index (κ3) is 5.50. The fraction of sp³-hybridized carbons (Fsp3) is 0.367. The van der Waals surface area contributed by atoms with E-state index in [0.29, 0.717) is 40.7 Å². The zero-order chi connectivity index (χ0) is 28.5. The van der Waals surface area contributed by atoms with Crippen molar-refractivity contribution in [2.24, 2.45) is 0 Å². The molecule has 3 N–H and O–H groups in total. The molecule has 0 radical (unpaired) electrons. The summed E-state index contributed by atoms with van der Waals surface area (Å²) in [6, 6.07) is 12.3. The van der Waals surface area contributed by atoms with Crippen molar-refractivity contribution in [3.8, 4) is 28.4 Å². The molecule has 2 bridgehead atoms. The molecule has 3 atom stereocenters. The highest BCUT2D eigenvalue weighted by molar-refractivity contribution is 6.00. The molecule has 41 heavy (non-hydrogen) atoms. The normalized spacial score (nSPS) is 20.0. The van der Waals surface area contributed by atoms with E-state index in [-0.39, 0.29) is 12.0 Å². The number of carbonyl (C=O) groups is 1. The standard InChI is InChI=1S/C30H34N6O5/c1-17-7-24(27(14-32-17)41-23-9-20-15-40-16-21(10-23)33-20)18-5-6-36-22(8-18)13-28(35-36)34-19-11-25(38-3)29(30(37)31-2)26(12-19)39-4/h5-8,11-14,20-21,23,33H,9-10,15-16H2,1-4H3,(H,31,37)(H,34,35)/t20-,21+,23?. The topological polar surface area (TPSA) is 120 Å². The predicted molar refractivity (Wildman–Crippen MR) is 155 cm³/mol. The van der Waals surface area contributed by atoms with Crippen LogP contribution >= 0.6 is 0 Å². The third-order valence-corrected chi connectivity index (χ3v) is 7.51. The van der Waals surface area contributed by atoms with Crippen molar-refractivity contribution in [2.45, 2.75) is 38.0 Å². The Hall–Kier alpha value is -4.35. The van der Waals surface area contributed by atoms with Crippen molar-refractivity contribution in [3.05, 3.63) is 60.0 Å². The number of pyridine rings is 2. The summed E-state index contributed by atoms with van der Waals surface area (Å²) in [6.45, 7) is 3.43. The van der Waals surface area contributed by atoms with Crippen molar-refractivity contribution in [1.82, 2.24) is 25.2 Å². The van der Waals surface area contributed by atoms with Gasteiger partial charge >= 0.3 is 0 Å². The summed E-state index contributed by atoms with van der Waals surface area (Å²) in [4.78, 5) is 16.9. The van der Waals surface area contributed by atoms with E-state index in [2.05, 4.69) is 38.2 Å². The van der Waals surface area contributed by atoms with Gasteiger partial charge < -0.3 is 34.9 Å². The Morgan fingerprint density at radius 2 is 1.78 bits per heavy atom. The second-order valence-electron chi connectivity index (χ2n) is 10.4. The number of methoxy groups -OCH3 is 2. The molecule has 2 aliphatic rings. The minimum atomic E-state index is -0.294. The number of anilines is 2. The number of aryl methyl sites for hydroxylation is 1. The van der Waals surface area contributed by atoms with E-state index in [1.165, 1.54) is 14.2 Å². The number of morpholine rings is 1.